The number of anilines is 2. The maximum absolute atomic E-state index is 10.7. The van der Waals surface area contributed by atoms with Crippen LogP contribution >= 0.6 is 0 Å². The molecule has 0 saturated carbocycles. The highest BCUT2D eigenvalue weighted by atomic mass is 16.6. The van der Waals surface area contributed by atoms with E-state index < -0.39 is 4.92 Å². The van der Waals surface area contributed by atoms with Gasteiger partial charge in [-0.1, -0.05) is 6.07 Å². The minimum Gasteiger partial charge on any atom is -0.364 e. The number of hydrogen-bond acceptors (Lipinski definition) is 6. The van der Waals surface area contributed by atoms with Crippen LogP contribution in [0.2, 0.25) is 0 Å². The SMILES string of the molecule is Cc1cc([N+](=O)[O-])cnc1NCc1cccc(N(C)C)n1. The van der Waals surface area contributed by atoms with Crippen LogP contribution in [-0.4, -0.2) is 29.0 Å². The molecule has 0 atom stereocenters. The molecule has 0 aliphatic rings. The van der Waals surface area contributed by atoms with Crippen LogP contribution in [0.4, 0.5) is 17.3 Å². The first-order chi connectivity index (χ1) is 9.97. The fraction of sp³-hybridized carbons (Fsp3) is 0.286. The molecule has 0 aliphatic heterocycles. The van der Waals surface area contributed by atoms with E-state index in [1.54, 1.807) is 6.92 Å². The van der Waals surface area contributed by atoms with E-state index in [1.807, 2.05) is 37.2 Å². The fourth-order valence-electron chi connectivity index (χ4n) is 1.83. The van der Waals surface area contributed by atoms with Crippen molar-refractivity contribution in [1.29, 1.82) is 0 Å². The summed E-state index contributed by atoms with van der Waals surface area (Å²) in [6.45, 7) is 2.29. The van der Waals surface area contributed by atoms with Crippen LogP contribution in [0.1, 0.15) is 11.3 Å². The number of nitrogens with one attached hydrogen (secondary N) is 1. The zero-order valence-corrected chi connectivity index (χ0v) is 12.2. The standard InChI is InChI=1S/C14H17N5O2/c1-10-7-12(19(20)21)9-16-14(10)15-8-11-5-4-6-13(17-11)18(2)3/h4-7,9H,8H2,1-3H3,(H,15,16). The summed E-state index contributed by atoms with van der Waals surface area (Å²) >= 11 is 0. The first-order valence-electron chi connectivity index (χ1n) is 6.45. The van der Waals surface area contributed by atoms with E-state index in [0.29, 0.717) is 12.4 Å². The predicted molar refractivity (Wildman–Crippen MR) is 81.5 cm³/mol. The molecule has 2 aromatic heterocycles. The van der Waals surface area contributed by atoms with Crippen molar-refractivity contribution in [2.75, 3.05) is 24.3 Å². The lowest BCUT2D eigenvalue weighted by molar-refractivity contribution is -0.385. The molecule has 1 N–H and O–H groups in total. The third-order valence-corrected chi connectivity index (χ3v) is 2.96. The molecule has 0 aromatic carbocycles. The summed E-state index contributed by atoms with van der Waals surface area (Å²) in [6.07, 6.45) is 1.25. The Bertz CT molecular complexity index is 658. The van der Waals surface area contributed by atoms with Crippen molar-refractivity contribution >= 4 is 17.3 Å². The van der Waals surface area contributed by atoms with Gasteiger partial charge in [0.1, 0.15) is 17.8 Å². The maximum atomic E-state index is 10.7. The Morgan fingerprint density at radius 2 is 2.14 bits per heavy atom. The largest absolute Gasteiger partial charge is 0.364 e. The number of hydrogen-bond donors (Lipinski definition) is 1. The van der Waals surface area contributed by atoms with Gasteiger partial charge in [-0.15, -0.1) is 0 Å². The highest BCUT2D eigenvalue weighted by molar-refractivity contribution is 5.48. The Morgan fingerprint density at radius 1 is 1.38 bits per heavy atom. The van der Waals surface area contributed by atoms with Gasteiger partial charge in [0.2, 0.25) is 0 Å². The molecule has 0 aliphatic carbocycles. The topological polar surface area (TPSA) is 84.2 Å². The maximum Gasteiger partial charge on any atom is 0.287 e. The van der Waals surface area contributed by atoms with Crippen LogP contribution in [0.25, 0.3) is 0 Å². The van der Waals surface area contributed by atoms with E-state index in [2.05, 4.69) is 15.3 Å². The average Bonchev–Trinajstić information content (AvgIpc) is 2.46. The Kier molecular flexibility index (Phi) is 4.32. The zero-order chi connectivity index (χ0) is 15.4. The highest BCUT2D eigenvalue weighted by Crippen LogP contribution is 2.18. The number of pyridine rings is 2. The minimum absolute atomic E-state index is 0.00854. The van der Waals surface area contributed by atoms with Crippen LogP contribution in [0, 0.1) is 17.0 Å². The second kappa shape index (κ2) is 6.17. The Morgan fingerprint density at radius 3 is 2.76 bits per heavy atom. The van der Waals surface area contributed by atoms with E-state index in [0.717, 1.165) is 17.1 Å². The molecule has 0 saturated heterocycles. The highest BCUT2D eigenvalue weighted by Gasteiger charge is 2.09. The van der Waals surface area contributed by atoms with Crippen LogP contribution in [0.15, 0.2) is 30.5 Å². The van der Waals surface area contributed by atoms with Gasteiger partial charge >= 0.3 is 0 Å². The minimum atomic E-state index is -0.452. The zero-order valence-electron chi connectivity index (χ0n) is 12.2. The van der Waals surface area contributed by atoms with Gasteiger partial charge in [-0.3, -0.25) is 10.1 Å². The molecule has 21 heavy (non-hydrogen) atoms. The summed E-state index contributed by atoms with van der Waals surface area (Å²) in [5.74, 6) is 1.50. The summed E-state index contributed by atoms with van der Waals surface area (Å²) in [6, 6.07) is 7.29. The molecule has 2 rings (SSSR count). The lowest BCUT2D eigenvalue weighted by Gasteiger charge is -2.13. The van der Waals surface area contributed by atoms with E-state index in [1.165, 1.54) is 12.3 Å². The molecule has 0 bridgehead atoms. The Balaban J connectivity index is 2.09. The van der Waals surface area contributed by atoms with Gasteiger partial charge in [0.25, 0.3) is 5.69 Å². The van der Waals surface area contributed by atoms with Crippen molar-refractivity contribution in [3.63, 3.8) is 0 Å². The summed E-state index contributed by atoms with van der Waals surface area (Å²) in [5.41, 5.74) is 1.60. The van der Waals surface area contributed by atoms with Crippen LogP contribution in [0.5, 0.6) is 0 Å². The second-order valence-corrected chi connectivity index (χ2v) is 4.85. The number of rotatable bonds is 5. The second-order valence-electron chi connectivity index (χ2n) is 4.85. The van der Waals surface area contributed by atoms with E-state index in [9.17, 15) is 10.1 Å². The average molecular weight is 287 g/mol. The lowest BCUT2D eigenvalue weighted by atomic mass is 10.2. The van der Waals surface area contributed by atoms with Gasteiger partial charge in [0.15, 0.2) is 0 Å². The van der Waals surface area contributed by atoms with Crippen molar-refractivity contribution in [2.24, 2.45) is 0 Å². The van der Waals surface area contributed by atoms with Crippen LogP contribution in [0.3, 0.4) is 0 Å². The van der Waals surface area contributed by atoms with Gasteiger partial charge in [-0.2, -0.15) is 0 Å². The fourth-order valence-corrected chi connectivity index (χ4v) is 1.83. The number of nitro groups is 1. The summed E-state index contributed by atoms with van der Waals surface area (Å²) in [5, 5.41) is 13.8. The molecule has 7 nitrogen and oxygen atoms in total. The van der Waals surface area contributed by atoms with Crippen LogP contribution in [-0.2, 0) is 6.54 Å². The molecule has 110 valence electrons. The van der Waals surface area contributed by atoms with E-state index in [4.69, 9.17) is 0 Å². The van der Waals surface area contributed by atoms with Crippen molar-refractivity contribution in [3.8, 4) is 0 Å². The molecular formula is C14H17N5O2. The van der Waals surface area contributed by atoms with Crippen molar-refractivity contribution < 1.29 is 4.92 Å². The van der Waals surface area contributed by atoms with E-state index >= 15 is 0 Å². The van der Waals surface area contributed by atoms with Gasteiger partial charge in [0.05, 0.1) is 17.2 Å². The molecule has 0 amide bonds. The van der Waals surface area contributed by atoms with Gasteiger partial charge in [0, 0.05) is 20.2 Å². The van der Waals surface area contributed by atoms with Crippen LogP contribution < -0.4 is 10.2 Å². The van der Waals surface area contributed by atoms with Gasteiger partial charge in [-0.05, 0) is 24.6 Å². The molecule has 0 radical (unpaired) electrons. The number of aromatic nitrogens is 2. The number of aryl methyl sites for hydroxylation is 1. The summed E-state index contributed by atoms with van der Waals surface area (Å²) in [7, 11) is 3.86. The molecule has 0 unspecified atom stereocenters. The quantitative estimate of drug-likeness (QED) is 0.671. The van der Waals surface area contributed by atoms with Gasteiger partial charge < -0.3 is 10.2 Å². The molecule has 0 spiro atoms. The van der Waals surface area contributed by atoms with E-state index in [-0.39, 0.29) is 5.69 Å². The Labute approximate surface area is 122 Å². The van der Waals surface area contributed by atoms with Crippen molar-refractivity contribution in [3.05, 3.63) is 51.8 Å². The third kappa shape index (κ3) is 3.65. The van der Waals surface area contributed by atoms with Crippen molar-refractivity contribution in [2.45, 2.75) is 13.5 Å². The van der Waals surface area contributed by atoms with Crippen molar-refractivity contribution in [1.82, 2.24) is 9.97 Å². The predicted octanol–water partition coefficient (Wildman–Crippen LogP) is 2.37. The van der Waals surface area contributed by atoms with Gasteiger partial charge in [-0.25, -0.2) is 9.97 Å². The Hall–Kier alpha value is -2.70. The molecular weight excluding hydrogens is 270 g/mol. The first-order valence-corrected chi connectivity index (χ1v) is 6.45. The molecule has 2 aromatic rings. The summed E-state index contributed by atoms with van der Waals surface area (Å²) < 4.78 is 0. The lowest BCUT2D eigenvalue weighted by Crippen LogP contribution is -2.12. The smallest absolute Gasteiger partial charge is 0.287 e. The first kappa shape index (κ1) is 14.7. The number of nitrogens with zero attached hydrogens (tertiary/aromatic N) is 4. The molecule has 0 fully saturated rings. The summed E-state index contributed by atoms with van der Waals surface area (Å²) in [4.78, 5) is 20.7. The normalized spacial score (nSPS) is 10.2. The molecule has 2 heterocycles. The third-order valence-electron chi connectivity index (χ3n) is 2.96. The molecule has 7 heteroatoms. The monoisotopic (exact) mass is 287 g/mol.